The van der Waals surface area contributed by atoms with Crippen LogP contribution in [0.4, 0.5) is 4.20 Å². The molecule has 0 heterocycles. The van der Waals surface area contributed by atoms with Crippen LogP contribution >= 0.6 is 7.91 Å². The van der Waals surface area contributed by atoms with Crippen molar-refractivity contribution >= 4 is 25.3 Å². The summed E-state index contributed by atoms with van der Waals surface area (Å²) in [4.78, 5) is 13.9. The van der Waals surface area contributed by atoms with Gasteiger partial charge in [0.15, 0.2) is 17.4 Å². The highest BCUT2D eigenvalue weighted by molar-refractivity contribution is 7.45. The summed E-state index contributed by atoms with van der Waals surface area (Å²) in [5, 5.41) is 0. The molecule has 0 saturated carbocycles. The standard InChI is InChI=1S/Al.FH2O3P.H2O.3H/c;1-5(2,3)4;;;;/h;(H2,2,3,4);1H2;;;. The van der Waals surface area contributed by atoms with E-state index in [9.17, 15) is 4.20 Å². The van der Waals surface area contributed by atoms with Crippen LogP contribution in [0.2, 0.25) is 0 Å². The van der Waals surface area contributed by atoms with Crippen molar-refractivity contribution in [3.05, 3.63) is 0 Å². The van der Waals surface area contributed by atoms with Crippen LogP contribution in [0, 0.1) is 0 Å². The summed E-state index contributed by atoms with van der Waals surface area (Å²) in [5.74, 6) is 0. The first-order valence-electron chi connectivity index (χ1n) is 0.752. The van der Waals surface area contributed by atoms with Crippen LogP contribution in [-0.2, 0) is 4.57 Å². The van der Waals surface area contributed by atoms with E-state index < -0.39 is 7.91 Å². The Kier molecular flexibility index (Phi) is 10.6. The van der Waals surface area contributed by atoms with E-state index in [-0.39, 0.29) is 22.8 Å². The average Bonchev–Trinajstić information content (AvgIpc) is 0.722. The number of hydrogen-bond donors (Lipinski definition) is 2. The van der Waals surface area contributed by atoms with Crippen LogP contribution in [0.15, 0.2) is 0 Å². The molecular formula is H7AlFO4P. The van der Waals surface area contributed by atoms with E-state index in [1.807, 2.05) is 0 Å². The summed E-state index contributed by atoms with van der Waals surface area (Å²) < 4.78 is 19.0. The molecule has 0 unspecified atom stereocenters. The molecule has 0 saturated heterocycles. The first kappa shape index (κ1) is 15.6. The highest BCUT2D eigenvalue weighted by Gasteiger charge is 2.04. The van der Waals surface area contributed by atoms with Gasteiger partial charge in [-0.15, -0.1) is 4.20 Å². The molecule has 0 rings (SSSR count). The van der Waals surface area contributed by atoms with E-state index in [1.165, 1.54) is 0 Å². The van der Waals surface area contributed by atoms with Crippen LogP contribution < -0.4 is 0 Å². The van der Waals surface area contributed by atoms with Crippen LogP contribution in [0.25, 0.3) is 0 Å². The molecule has 0 fully saturated rings. The molecule has 0 aliphatic heterocycles. The molecule has 0 aromatic carbocycles. The smallest absolute Gasteiger partial charge is 0.412 e. The third kappa shape index (κ3) is 419. The molecule has 0 aliphatic carbocycles. The molecule has 46 valence electrons. The fraction of sp³-hybridized carbons (Fsp3) is 0. The van der Waals surface area contributed by atoms with Gasteiger partial charge in [0.1, 0.15) is 0 Å². The largest absolute Gasteiger partial charge is 0.507 e. The van der Waals surface area contributed by atoms with Crippen molar-refractivity contribution in [1.29, 1.82) is 0 Å². The van der Waals surface area contributed by atoms with Gasteiger partial charge in [0, 0.05) is 0 Å². The Hall–Kier alpha value is 0.572. The van der Waals surface area contributed by atoms with Gasteiger partial charge >= 0.3 is 7.91 Å². The zero-order valence-electron chi connectivity index (χ0n) is 2.63. The van der Waals surface area contributed by atoms with Gasteiger partial charge in [-0.3, -0.25) is 9.79 Å². The van der Waals surface area contributed by atoms with Gasteiger partial charge < -0.3 is 5.48 Å². The van der Waals surface area contributed by atoms with Gasteiger partial charge in [0.05, 0.1) is 0 Å². The van der Waals surface area contributed by atoms with Gasteiger partial charge in [-0.25, -0.2) is 4.57 Å². The van der Waals surface area contributed by atoms with Gasteiger partial charge in [-0.1, -0.05) is 0 Å². The molecule has 7 heteroatoms. The minimum atomic E-state index is -5.14. The molecule has 4 N–H and O–H groups in total. The van der Waals surface area contributed by atoms with Gasteiger partial charge in [0.2, 0.25) is 0 Å². The van der Waals surface area contributed by atoms with Gasteiger partial charge in [-0.2, -0.15) is 0 Å². The first-order chi connectivity index (χ1) is 2.00. The van der Waals surface area contributed by atoms with E-state index >= 15 is 0 Å². The molecular weight excluding hydrogens is 141 g/mol. The SMILES string of the molecule is O.O=P(O)(O)F.[AlH3]. The van der Waals surface area contributed by atoms with Gasteiger partial charge in [-0.05, 0) is 0 Å². The van der Waals surface area contributed by atoms with Crippen molar-refractivity contribution in [1.82, 2.24) is 0 Å². The molecule has 0 spiro atoms. The Morgan fingerprint density at radius 1 is 1.43 bits per heavy atom. The second-order valence-corrected chi connectivity index (χ2v) is 1.42. The Labute approximate surface area is 50.1 Å². The minimum Gasteiger partial charge on any atom is -0.412 e. The third-order valence-corrected chi connectivity index (χ3v) is 0. The number of halogens is 1. The van der Waals surface area contributed by atoms with Crippen molar-refractivity contribution in [2.24, 2.45) is 0 Å². The molecule has 0 amide bonds. The zero-order chi connectivity index (χ0) is 4.50. The molecule has 0 aromatic heterocycles. The van der Waals surface area contributed by atoms with Gasteiger partial charge in [0.25, 0.3) is 0 Å². The van der Waals surface area contributed by atoms with E-state index in [2.05, 4.69) is 0 Å². The Morgan fingerprint density at radius 3 is 1.43 bits per heavy atom. The number of hydrogen-bond acceptors (Lipinski definition) is 1. The van der Waals surface area contributed by atoms with E-state index in [0.717, 1.165) is 0 Å². The lowest BCUT2D eigenvalue weighted by Gasteiger charge is -1.77. The van der Waals surface area contributed by atoms with Crippen LogP contribution in [0.3, 0.4) is 0 Å². The maximum atomic E-state index is 10.4. The van der Waals surface area contributed by atoms with Crippen LogP contribution in [0.1, 0.15) is 0 Å². The molecule has 0 aromatic rings. The Balaban J connectivity index is -0.0000000800. The normalized spacial score (nSPS) is 8.43. The molecule has 0 radical (unpaired) electrons. The number of rotatable bonds is 0. The second kappa shape index (κ2) is 4.72. The average molecular weight is 148 g/mol. The quantitative estimate of drug-likeness (QED) is 0.308. The van der Waals surface area contributed by atoms with Crippen molar-refractivity contribution in [3.63, 3.8) is 0 Å². The fourth-order valence-electron chi connectivity index (χ4n) is 0. The van der Waals surface area contributed by atoms with Crippen molar-refractivity contribution < 1.29 is 24.0 Å². The third-order valence-electron chi connectivity index (χ3n) is 0. The van der Waals surface area contributed by atoms with Crippen LogP contribution in [-0.4, -0.2) is 32.6 Å². The molecule has 0 aliphatic rings. The molecule has 7 heavy (non-hydrogen) atoms. The molecule has 4 nitrogen and oxygen atoms in total. The summed E-state index contributed by atoms with van der Waals surface area (Å²) in [7, 11) is -5.14. The predicted octanol–water partition coefficient (Wildman–Crippen LogP) is -1.96. The van der Waals surface area contributed by atoms with Crippen molar-refractivity contribution in [3.8, 4) is 0 Å². The van der Waals surface area contributed by atoms with Crippen molar-refractivity contribution in [2.75, 3.05) is 0 Å². The fourth-order valence-corrected chi connectivity index (χ4v) is 0. The molecule has 0 atom stereocenters. The summed E-state index contributed by atoms with van der Waals surface area (Å²) in [5.41, 5.74) is 0. The van der Waals surface area contributed by atoms with E-state index in [0.29, 0.717) is 0 Å². The van der Waals surface area contributed by atoms with Crippen molar-refractivity contribution in [2.45, 2.75) is 0 Å². The monoisotopic (exact) mass is 148 g/mol. The second-order valence-electron chi connectivity index (χ2n) is 0.473. The summed E-state index contributed by atoms with van der Waals surface area (Å²) >= 11 is 0. The highest BCUT2D eigenvalue weighted by atomic mass is 31.2. The molecule has 0 bridgehead atoms. The zero-order valence-corrected chi connectivity index (χ0v) is 3.52. The maximum Gasteiger partial charge on any atom is 0.507 e. The van der Waals surface area contributed by atoms with E-state index in [1.54, 1.807) is 0 Å². The predicted molar refractivity (Wildman–Crippen MR) is 26.7 cm³/mol. The summed E-state index contributed by atoms with van der Waals surface area (Å²) in [6.07, 6.45) is 0. The lowest BCUT2D eigenvalue weighted by molar-refractivity contribution is 0.322. The lowest BCUT2D eigenvalue weighted by atomic mass is 15.8. The summed E-state index contributed by atoms with van der Waals surface area (Å²) in [6.45, 7) is 0. The first-order valence-corrected chi connectivity index (χ1v) is 2.25. The Morgan fingerprint density at radius 2 is 1.43 bits per heavy atom. The Bertz CT molecular complexity index is 57.8. The van der Waals surface area contributed by atoms with Crippen LogP contribution in [0.5, 0.6) is 0 Å². The highest BCUT2D eigenvalue weighted by Crippen LogP contribution is 2.34. The topological polar surface area (TPSA) is 89.0 Å². The van der Waals surface area contributed by atoms with E-state index in [4.69, 9.17) is 14.4 Å². The summed E-state index contributed by atoms with van der Waals surface area (Å²) in [6, 6.07) is 0. The minimum absolute atomic E-state index is 0. The maximum absolute atomic E-state index is 10.4. The lowest BCUT2D eigenvalue weighted by Crippen LogP contribution is -1.56.